The molecule has 0 saturated carbocycles. The predicted octanol–water partition coefficient (Wildman–Crippen LogP) is 3.16. The largest absolute Gasteiger partial charge is 0.312 e. The van der Waals surface area contributed by atoms with Crippen LogP contribution in [0.1, 0.15) is 15.9 Å². The zero-order valence-electron chi connectivity index (χ0n) is 11.0. The normalized spacial score (nSPS) is 12.4. The minimum atomic E-state index is 0.227. The Kier molecular flexibility index (Phi) is 4.15. The summed E-state index contributed by atoms with van der Waals surface area (Å²) in [7, 11) is 1.95. The molecule has 0 aliphatic rings. The van der Waals surface area contributed by atoms with Gasteiger partial charge in [0.2, 0.25) is 0 Å². The van der Waals surface area contributed by atoms with Crippen LogP contribution in [0.2, 0.25) is 0 Å². The first-order chi connectivity index (χ1) is 9.86. The number of rotatable bonds is 5. The molecule has 3 rings (SSSR count). The van der Waals surface area contributed by atoms with E-state index in [0.717, 1.165) is 27.6 Å². The first-order valence-corrected chi connectivity index (χ1v) is 7.96. The molecule has 1 N–H and O–H groups in total. The van der Waals surface area contributed by atoms with Gasteiger partial charge in [0, 0.05) is 17.4 Å². The Morgan fingerprint density at radius 2 is 2.10 bits per heavy atom. The van der Waals surface area contributed by atoms with Crippen LogP contribution in [0.15, 0.2) is 41.9 Å². The van der Waals surface area contributed by atoms with Crippen molar-refractivity contribution in [1.29, 1.82) is 0 Å². The molecule has 0 spiro atoms. The van der Waals surface area contributed by atoms with Gasteiger partial charge in [-0.15, -0.1) is 16.4 Å². The van der Waals surface area contributed by atoms with Crippen molar-refractivity contribution < 1.29 is 0 Å². The van der Waals surface area contributed by atoms with Gasteiger partial charge < -0.3 is 5.32 Å². The van der Waals surface area contributed by atoms with Gasteiger partial charge >= 0.3 is 0 Å². The summed E-state index contributed by atoms with van der Waals surface area (Å²) >= 11 is 3.13. The van der Waals surface area contributed by atoms with Crippen molar-refractivity contribution in [3.05, 3.63) is 51.8 Å². The van der Waals surface area contributed by atoms with Crippen molar-refractivity contribution in [2.75, 3.05) is 7.05 Å². The molecule has 0 aliphatic carbocycles. The van der Waals surface area contributed by atoms with Gasteiger partial charge in [-0.25, -0.2) is 4.98 Å². The van der Waals surface area contributed by atoms with Crippen LogP contribution in [-0.4, -0.2) is 21.6 Å². The summed E-state index contributed by atoms with van der Waals surface area (Å²) in [6, 6.07) is 10.5. The molecule has 2 aromatic heterocycles. The molecule has 20 heavy (non-hydrogen) atoms. The number of aromatic nitrogens is 3. The van der Waals surface area contributed by atoms with Gasteiger partial charge in [0.25, 0.3) is 0 Å². The molecule has 0 radical (unpaired) electrons. The van der Waals surface area contributed by atoms with Crippen LogP contribution in [0.5, 0.6) is 0 Å². The summed E-state index contributed by atoms with van der Waals surface area (Å²) in [5.41, 5.74) is 2.21. The van der Waals surface area contributed by atoms with Crippen LogP contribution < -0.4 is 5.32 Å². The number of likely N-dealkylation sites (N-methyl/N-ethyl adjacent to an activating group) is 1. The lowest BCUT2D eigenvalue weighted by Gasteiger charge is -2.10. The maximum atomic E-state index is 4.72. The van der Waals surface area contributed by atoms with Crippen LogP contribution in [0, 0.1) is 0 Å². The van der Waals surface area contributed by atoms with E-state index in [1.807, 2.05) is 31.4 Å². The fraction of sp³-hybridized carbons (Fsp3) is 0.214. The zero-order chi connectivity index (χ0) is 13.8. The lowest BCUT2D eigenvalue weighted by Crippen LogP contribution is -2.17. The second-order valence-corrected chi connectivity index (χ2v) is 6.12. The van der Waals surface area contributed by atoms with Crippen LogP contribution in [0.4, 0.5) is 0 Å². The van der Waals surface area contributed by atoms with Gasteiger partial charge in [-0.2, -0.15) is 0 Å². The summed E-state index contributed by atoms with van der Waals surface area (Å²) in [5.74, 6) is 0. The van der Waals surface area contributed by atoms with Crippen LogP contribution in [0.3, 0.4) is 0 Å². The molecule has 0 saturated heterocycles. The van der Waals surface area contributed by atoms with Crippen molar-refractivity contribution >= 4 is 22.9 Å². The molecule has 6 heteroatoms. The van der Waals surface area contributed by atoms with E-state index < -0.39 is 0 Å². The second kappa shape index (κ2) is 6.21. The summed E-state index contributed by atoms with van der Waals surface area (Å²) in [5, 5.41) is 10.4. The van der Waals surface area contributed by atoms with Gasteiger partial charge in [-0.3, -0.25) is 0 Å². The van der Waals surface area contributed by atoms with Crippen molar-refractivity contribution in [2.24, 2.45) is 0 Å². The zero-order valence-corrected chi connectivity index (χ0v) is 12.6. The Morgan fingerprint density at radius 1 is 1.25 bits per heavy atom. The highest BCUT2D eigenvalue weighted by Gasteiger charge is 2.15. The molecular formula is C14H14N4S2. The Balaban J connectivity index is 1.77. The number of hydrogen-bond donors (Lipinski definition) is 1. The van der Waals surface area contributed by atoms with Gasteiger partial charge in [-0.05, 0) is 18.6 Å². The lowest BCUT2D eigenvalue weighted by molar-refractivity contribution is 0.599. The highest BCUT2D eigenvalue weighted by molar-refractivity contribution is 7.10. The van der Waals surface area contributed by atoms with Gasteiger partial charge in [-0.1, -0.05) is 34.8 Å². The quantitative estimate of drug-likeness (QED) is 0.786. The van der Waals surface area contributed by atoms with Gasteiger partial charge in [0.15, 0.2) is 0 Å². The number of nitrogens with one attached hydrogen (secondary N) is 1. The minimum Gasteiger partial charge on any atom is -0.312 e. The molecule has 4 nitrogen and oxygen atoms in total. The topological polar surface area (TPSA) is 50.7 Å². The van der Waals surface area contributed by atoms with E-state index in [9.17, 15) is 0 Å². The molecule has 2 heterocycles. The molecular weight excluding hydrogens is 288 g/mol. The fourth-order valence-corrected chi connectivity index (χ4v) is 3.46. The number of nitrogens with zero attached hydrogens (tertiary/aromatic N) is 3. The molecule has 0 fully saturated rings. The average molecular weight is 302 g/mol. The third kappa shape index (κ3) is 2.92. The van der Waals surface area contributed by atoms with E-state index in [4.69, 9.17) is 4.98 Å². The van der Waals surface area contributed by atoms with Crippen LogP contribution in [0.25, 0.3) is 11.3 Å². The molecule has 1 unspecified atom stereocenters. The van der Waals surface area contributed by atoms with Gasteiger partial charge in [0.05, 0.1) is 27.8 Å². The molecule has 1 atom stereocenters. The minimum absolute atomic E-state index is 0.227. The number of benzene rings is 1. The standard InChI is InChI=1S/C14H14N4S2/c1-15-11(13-8-16-18-20-13)7-14-17-12(9-19-14)10-5-3-2-4-6-10/h2-6,8-9,11,15H,7H2,1H3. The van der Waals surface area contributed by atoms with Crippen molar-refractivity contribution in [2.45, 2.75) is 12.5 Å². The Labute approximate surface area is 125 Å². The fourth-order valence-electron chi connectivity index (χ4n) is 1.99. The Morgan fingerprint density at radius 3 is 2.80 bits per heavy atom. The van der Waals surface area contributed by atoms with E-state index in [2.05, 4.69) is 32.4 Å². The first-order valence-electron chi connectivity index (χ1n) is 6.31. The summed E-state index contributed by atoms with van der Waals surface area (Å²) < 4.78 is 3.92. The molecule has 1 aromatic carbocycles. The monoisotopic (exact) mass is 302 g/mol. The highest BCUT2D eigenvalue weighted by Crippen LogP contribution is 2.26. The smallest absolute Gasteiger partial charge is 0.0951 e. The molecule has 0 bridgehead atoms. The van der Waals surface area contributed by atoms with Crippen LogP contribution in [-0.2, 0) is 6.42 Å². The lowest BCUT2D eigenvalue weighted by atomic mass is 10.2. The average Bonchev–Trinajstić information content (AvgIpc) is 3.17. The maximum absolute atomic E-state index is 4.72. The third-order valence-electron chi connectivity index (χ3n) is 3.07. The van der Waals surface area contributed by atoms with E-state index in [1.54, 1.807) is 11.3 Å². The number of hydrogen-bond acceptors (Lipinski definition) is 6. The Hall–Kier alpha value is -1.63. The van der Waals surface area contributed by atoms with Gasteiger partial charge in [0.1, 0.15) is 0 Å². The molecule has 102 valence electrons. The maximum Gasteiger partial charge on any atom is 0.0951 e. The van der Waals surface area contributed by atoms with E-state index in [0.29, 0.717) is 0 Å². The van der Waals surface area contributed by atoms with Crippen molar-refractivity contribution in [3.63, 3.8) is 0 Å². The molecule has 3 aromatic rings. The third-order valence-corrected chi connectivity index (χ3v) is 4.72. The van der Waals surface area contributed by atoms with E-state index in [-0.39, 0.29) is 6.04 Å². The Bertz CT molecular complexity index is 649. The van der Waals surface area contributed by atoms with E-state index in [1.165, 1.54) is 11.5 Å². The molecule has 0 aliphatic heterocycles. The second-order valence-electron chi connectivity index (χ2n) is 4.36. The van der Waals surface area contributed by atoms with Crippen LogP contribution >= 0.6 is 22.9 Å². The SMILES string of the molecule is CNC(Cc1nc(-c2ccccc2)cs1)c1cnns1. The summed E-state index contributed by atoms with van der Waals surface area (Å²) in [6.07, 6.45) is 2.68. The van der Waals surface area contributed by atoms with Crippen molar-refractivity contribution in [3.8, 4) is 11.3 Å². The summed E-state index contributed by atoms with van der Waals surface area (Å²) in [4.78, 5) is 5.86. The number of thiazole rings is 1. The summed E-state index contributed by atoms with van der Waals surface area (Å²) in [6.45, 7) is 0. The molecule has 0 amide bonds. The highest BCUT2D eigenvalue weighted by atomic mass is 32.1. The van der Waals surface area contributed by atoms with Crippen molar-refractivity contribution in [1.82, 2.24) is 19.9 Å². The first kappa shape index (κ1) is 13.4. The van der Waals surface area contributed by atoms with E-state index >= 15 is 0 Å². The predicted molar refractivity (Wildman–Crippen MR) is 83.0 cm³/mol.